The molecule has 1 saturated heterocycles. The van der Waals surface area contributed by atoms with Crippen LogP contribution in [0.2, 0.25) is 0 Å². The monoisotopic (exact) mass is 271 g/mol. The number of hydrogen-bond acceptors (Lipinski definition) is 4. The molecule has 0 aliphatic carbocycles. The van der Waals surface area contributed by atoms with Gasteiger partial charge in [0.05, 0.1) is 30.8 Å². The highest BCUT2D eigenvalue weighted by Crippen LogP contribution is 2.21. The Morgan fingerprint density at radius 3 is 3.00 bits per heavy atom. The smallest absolute Gasteiger partial charge is 0.0669 e. The van der Waals surface area contributed by atoms with Crippen molar-refractivity contribution >= 4 is 0 Å². The maximum Gasteiger partial charge on any atom is 0.0669 e. The molecule has 0 radical (unpaired) electrons. The van der Waals surface area contributed by atoms with Crippen molar-refractivity contribution in [3.63, 3.8) is 0 Å². The lowest BCUT2D eigenvalue weighted by Crippen LogP contribution is -2.36. The van der Waals surface area contributed by atoms with Gasteiger partial charge in [0.15, 0.2) is 0 Å². The van der Waals surface area contributed by atoms with Crippen molar-refractivity contribution in [2.45, 2.75) is 45.2 Å². The summed E-state index contributed by atoms with van der Waals surface area (Å²) in [6, 6.07) is 4.93. The van der Waals surface area contributed by atoms with Gasteiger partial charge in [-0.1, -0.05) is 0 Å². The van der Waals surface area contributed by atoms with Crippen molar-refractivity contribution in [2.75, 3.05) is 13.1 Å². The highest BCUT2D eigenvalue weighted by molar-refractivity contribution is 5.00. The van der Waals surface area contributed by atoms with E-state index in [1.165, 1.54) is 12.0 Å². The minimum atomic E-state index is -0.0328. The summed E-state index contributed by atoms with van der Waals surface area (Å²) in [6.45, 7) is 4.77. The van der Waals surface area contributed by atoms with E-state index in [-0.39, 0.29) is 5.92 Å². The Morgan fingerprint density at radius 1 is 1.50 bits per heavy atom. The third-order valence-electron chi connectivity index (χ3n) is 3.90. The van der Waals surface area contributed by atoms with E-state index in [1.807, 2.05) is 17.8 Å². The van der Waals surface area contributed by atoms with Crippen LogP contribution in [0.25, 0.3) is 0 Å². The van der Waals surface area contributed by atoms with Crippen molar-refractivity contribution in [3.05, 3.63) is 18.0 Å². The van der Waals surface area contributed by atoms with Gasteiger partial charge < -0.3 is 0 Å². The summed E-state index contributed by atoms with van der Waals surface area (Å²) >= 11 is 0. The van der Waals surface area contributed by atoms with Gasteiger partial charge in [-0.3, -0.25) is 9.58 Å². The summed E-state index contributed by atoms with van der Waals surface area (Å²) in [4.78, 5) is 2.39. The molecule has 1 aliphatic rings. The fourth-order valence-electron chi connectivity index (χ4n) is 2.84. The highest BCUT2D eigenvalue weighted by Gasteiger charge is 2.27. The minimum Gasteiger partial charge on any atom is -0.297 e. The maximum absolute atomic E-state index is 9.19. The van der Waals surface area contributed by atoms with Gasteiger partial charge in [0.1, 0.15) is 0 Å². The number of likely N-dealkylation sites (tertiary alicyclic amines) is 1. The molecule has 1 aromatic rings. The van der Waals surface area contributed by atoms with E-state index in [0.717, 1.165) is 26.1 Å². The Labute approximate surface area is 120 Å². The average Bonchev–Trinajstić information content (AvgIpc) is 3.04. The zero-order valence-electron chi connectivity index (χ0n) is 12.0. The summed E-state index contributed by atoms with van der Waals surface area (Å²) in [6.07, 6.45) is 7.43. The first-order valence-corrected chi connectivity index (χ1v) is 7.22. The molecule has 20 heavy (non-hydrogen) atoms. The van der Waals surface area contributed by atoms with Gasteiger partial charge in [0, 0.05) is 25.2 Å². The molecule has 0 N–H and O–H groups in total. The first-order valence-electron chi connectivity index (χ1n) is 7.22. The second-order valence-corrected chi connectivity index (χ2v) is 5.55. The Hall–Kier alpha value is -1.85. The number of nitriles is 2. The van der Waals surface area contributed by atoms with Gasteiger partial charge in [-0.25, -0.2) is 0 Å². The van der Waals surface area contributed by atoms with Crippen LogP contribution in [-0.2, 0) is 6.54 Å². The van der Waals surface area contributed by atoms with E-state index in [1.54, 1.807) is 0 Å². The fourth-order valence-corrected chi connectivity index (χ4v) is 2.84. The van der Waals surface area contributed by atoms with Gasteiger partial charge in [-0.05, 0) is 38.3 Å². The lowest BCUT2D eigenvalue weighted by molar-refractivity contribution is 0.206. The molecule has 1 fully saturated rings. The molecule has 0 bridgehead atoms. The lowest BCUT2D eigenvalue weighted by Gasteiger charge is -2.26. The van der Waals surface area contributed by atoms with Gasteiger partial charge in [0.25, 0.3) is 0 Å². The van der Waals surface area contributed by atoms with Crippen LogP contribution in [0.5, 0.6) is 0 Å². The zero-order chi connectivity index (χ0) is 14.4. The molecule has 2 rings (SSSR count). The second kappa shape index (κ2) is 7.07. The molecule has 106 valence electrons. The minimum absolute atomic E-state index is 0.0328. The van der Waals surface area contributed by atoms with E-state index in [2.05, 4.69) is 28.3 Å². The van der Waals surface area contributed by atoms with Crippen LogP contribution in [0.1, 0.15) is 31.2 Å². The molecule has 1 aromatic heterocycles. The first kappa shape index (κ1) is 14.6. The predicted octanol–water partition coefficient (Wildman–Crippen LogP) is 2.10. The summed E-state index contributed by atoms with van der Waals surface area (Å²) in [7, 11) is 0. The lowest BCUT2D eigenvalue weighted by atomic mass is 10.0. The topological polar surface area (TPSA) is 68.6 Å². The Morgan fingerprint density at radius 2 is 2.35 bits per heavy atom. The third kappa shape index (κ3) is 3.82. The van der Waals surface area contributed by atoms with Gasteiger partial charge in [0.2, 0.25) is 0 Å². The molecular weight excluding hydrogens is 250 g/mol. The van der Waals surface area contributed by atoms with Crippen molar-refractivity contribution < 1.29 is 0 Å². The molecule has 2 heterocycles. The summed E-state index contributed by atoms with van der Waals surface area (Å²) in [5.74, 6) is -0.0328. The summed E-state index contributed by atoms with van der Waals surface area (Å²) < 4.78 is 2.00. The zero-order valence-corrected chi connectivity index (χ0v) is 12.0. The van der Waals surface area contributed by atoms with Crippen molar-refractivity contribution in [1.82, 2.24) is 14.7 Å². The fraction of sp³-hybridized carbons (Fsp3) is 0.667. The normalized spacial score (nSPS) is 20.4. The SMILES string of the molecule is Cc1cnn(C[C@H]2CCCN2C[C@H](C#N)CCC#N)c1. The van der Waals surface area contributed by atoms with Gasteiger partial charge >= 0.3 is 0 Å². The summed E-state index contributed by atoms with van der Waals surface area (Å²) in [5.41, 5.74) is 1.18. The molecule has 0 unspecified atom stereocenters. The standard InChI is InChI=1S/C15H21N5/c1-13-9-18-20(10-13)12-15-5-3-7-19(15)11-14(8-17)4-2-6-16/h9-10,14-15H,2-5,7,11-12H2,1H3/t14-,15+/m0/s1. The maximum atomic E-state index is 9.19. The molecule has 5 nitrogen and oxygen atoms in total. The first-order chi connectivity index (χ1) is 9.72. The largest absolute Gasteiger partial charge is 0.297 e. The number of rotatable bonds is 6. The quantitative estimate of drug-likeness (QED) is 0.794. The molecule has 0 saturated carbocycles. The Bertz CT molecular complexity index is 507. The van der Waals surface area contributed by atoms with Crippen LogP contribution < -0.4 is 0 Å². The van der Waals surface area contributed by atoms with E-state index >= 15 is 0 Å². The average molecular weight is 271 g/mol. The number of nitrogens with zero attached hydrogens (tertiary/aromatic N) is 5. The van der Waals surface area contributed by atoms with Crippen molar-refractivity contribution in [2.24, 2.45) is 5.92 Å². The van der Waals surface area contributed by atoms with Crippen molar-refractivity contribution in [3.8, 4) is 12.1 Å². The number of aryl methyl sites for hydroxylation is 1. The van der Waals surface area contributed by atoms with Crippen LogP contribution in [0, 0.1) is 35.5 Å². The third-order valence-corrected chi connectivity index (χ3v) is 3.90. The van der Waals surface area contributed by atoms with Crippen LogP contribution in [0.3, 0.4) is 0 Å². The van der Waals surface area contributed by atoms with Crippen LogP contribution in [0.15, 0.2) is 12.4 Å². The predicted molar refractivity (Wildman–Crippen MR) is 75.5 cm³/mol. The number of aromatic nitrogens is 2. The van der Waals surface area contributed by atoms with E-state index in [0.29, 0.717) is 18.9 Å². The number of hydrogen-bond donors (Lipinski definition) is 0. The second-order valence-electron chi connectivity index (χ2n) is 5.55. The van der Waals surface area contributed by atoms with Crippen LogP contribution >= 0.6 is 0 Å². The van der Waals surface area contributed by atoms with Gasteiger partial charge in [-0.2, -0.15) is 15.6 Å². The van der Waals surface area contributed by atoms with Crippen LogP contribution in [0.4, 0.5) is 0 Å². The molecule has 0 amide bonds. The summed E-state index contributed by atoms with van der Waals surface area (Å²) in [5, 5.41) is 22.2. The van der Waals surface area contributed by atoms with Crippen molar-refractivity contribution in [1.29, 1.82) is 10.5 Å². The molecular formula is C15H21N5. The molecule has 1 aliphatic heterocycles. The molecule has 5 heteroatoms. The van der Waals surface area contributed by atoms with E-state index in [9.17, 15) is 5.26 Å². The Kier molecular flexibility index (Phi) is 5.15. The molecule has 2 atom stereocenters. The highest BCUT2D eigenvalue weighted by atomic mass is 15.3. The van der Waals surface area contributed by atoms with Gasteiger partial charge in [-0.15, -0.1) is 0 Å². The molecule has 0 spiro atoms. The van der Waals surface area contributed by atoms with Crippen LogP contribution in [-0.4, -0.2) is 33.8 Å². The van der Waals surface area contributed by atoms with E-state index in [4.69, 9.17) is 5.26 Å². The molecule has 0 aromatic carbocycles. The Balaban J connectivity index is 1.90. The van der Waals surface area contributed by atoms with E-state index < -0.39 is 0 Å².